The lowest BCUT2D eigenvalue weighted by Gasteiger charge is -2.12. The smallest absolute Gasteiger partial charge is 0.262 e. The quantitative estimate of drug-likeness (QED) is 0.628. The molecule has 0 fully saturated rings. The van der Waals surface area contributed by atoms with E-state index in [9.17, 15) is 13.2 Å². The average Bonchev–Trinajstić information content (AvgIpc) is 2.92. The minimum absolute atomic E-state index is 0.0603. The molecular formula is C21H22N4O5S. The zero-order valence-corrected chi connectivity index (χ0v) is 17.9. The summed E-state index contributed by atoms with van der Waals surface area (Å²) in [5, 5.41) is 6.95. The lowest BCUT2D eigenvalue weighted by molar-refractivity contribution is 0.102. The number of aromatic nitrogens is 2. The van der Waals surface area contributed by atoms with Crippen LogP contribution in [0.3, 0.4) is 0 Å². The summed E-state index contributed by atoms with van der Waals surface area (Å²) in [5.41, 5.74) is 1.51. The Labute approximate surface area is 180 Å². The molecule has 0 bridgehead atoms. The fourth-order valence-electron chi connectivity index (χ4n) is 3.13. The summed E-state index contributed by atoms with van der Waals surface area (Å²) in [6, 6.07) is 12.4. The van der Waals surface area contributed by atoms with Gasteiger partial charge < -0.3 is 14.8 Å². The van der Waals surface area contributed by atoms with E-state index < -0.39 is 10.0 Å². The van der Waals surface area contributed by atoms with Crippen molar-refractivity contribution in [2.45, 2.75) is 18.2 Å². The van der Waals surface area contributed by atoms with E-state index in [2.05, 4.69) is 15.1 Å². The number of nitrogens with one attached hydrogen (secondary N) is 2. The number of fused-ring (bicyclic) bond motifs is 1. The summed E-state index contributed by atoms with van der Waals surface area (Å²) in [5.74, 6) is 1.18. The summed E-state index contributed by atoms with van der Waals surface area (Å²) in [4.78, 5) is 12.5. The fraction of sp³-hybridized carbons (Fsp3) is 0.238. The van der Waals surface area contributed by atoms with Crippen LogP contribution in [0.15, 0.2) is 53.4 Å². The van der Waals surface area contributed by atoms with Crippen LogP contribution in [0.5, 0.6) is 11.5 Å². The summed E-state index contributed by atoms with van der Waals surface area (Å²) >= 11 is 0. The van der Waals surface area contributed by atoms with Crippen molar-refractivity contribution in [1.82, 2.24) is 9.78 Å². The van der Waals surface area contributed by atoms with Crippen molar-refractivity contribution in [2.75, 3.05) is 23.3 Å². The largest absolute Gasteiger partial charge is 0.490 e. The van der Waals surface area contributed by atoms with E-state index in [1.807, 2.05) is 6.92 Å². The minimum Gasteiger partial charge on any atom is -0.490 e. The van der Waals surface area contributed by atoms with E-state index in [1.54, 1.807) is 36.0 Å². The summed E-state index contributed by atoms with van der Waals surface area (Å²) in [6.45, 7) is 2.82. The van der Waals surface area contributed by atoms with Crippen LogP contribution in [0.2, 0.25) is 0 Å². The monoisotopic (exact) mass is 442 g/mol. The van der Waals surface area contributed by atoms with Gasteiger partial charge in [0.1, 0.15) is 5.82 Å². The van der Waals surface area contributed by atoms with Gasteiger partial charge in [0.15, 0.2) is 11.5 Å². The van der Waals surface area contributed by atoms with Gasteiger partial charge in [0.2, 0.25) is 0 Å². The Morgan fingerprint density at radius 2 is 1.74 bits per heavy atom. The molecule has 10 heteroatoms. The molecule has 31 heavy (non-hydrogen) atoms. The van der Waals surface area contributed by atoms with Crippen molar-refractivity contribution in [3.05, 3.63) is 59.8 Å². The third-order valence-corrected chi connectivity index (χ3v) is 6.05. The normalized spacial score (nSPS) is 13.4. The van der Waals surface area contributed by atoms with E-state index in [-0.39, 0.29) is 10.8 Å². The third-order valence-electron chi connectivity index (χ3n) is 4.67. The highest BCUT2D eigenvalue weighted by Crippen LogP contribution is 2.32. The molecule has 0 saturated carbocycles. The molecule has 0 unspecified atom stereocenters. The molecule has 4 rings (SSSR count). The molecule has 0 radical (unpaired) electrons. The number of ether oxygens (including phenoxy) is 2. The molecule has 9 nitrogen and oxygen atoms in total. The predicted octanol–water partition coefficient (Wildman–Crippen LogP) is 2.94. The van der Waals surface area contributed by atoms with Gasteiger partial charge in [0.05, 0.1) is 23.8 Å². The van der Waals surface area contributed by atoms with Crippen molar-refractivity contribution >= 4 is 27.4 Å². The molecule has 0 spiro atoms. The van der Waals surface area contributed by atoms with Crippen LogP contribution < -0.4 is 19.5 Å². The van der Waals surface area contributed by atoms with Gasteiger partial charge in [-0.3, -0.25) is 14.2 Å². The lowest BCUT2D eigenvalue weighted by atomic mass is 10.2. The van der Waals surface area contributed by atoms with Crippen molar-refractivity contribution in [2.24, 2.45) is 7.05 Å². The van der Waals surface area contributed by atoms with Gasteiger partial charge in [0, 0.05) is 36.9 Å². The van der Waals surface area contributed by atoms with Crippen molar-refractivity contribution < 1.29 is 22.7 Å². The maximum atomic E-state index is 12.8. The van der Waals surface area contributed by atoms with Crippen molar-refractivity contribution in [3.8, 4) is 11.5 Å². The number of anilines is 2. The van der Waals surface area contributed by atoms with Crippen LogP contribution in [0, 0.1) is 6.92 Å². The Morgan fingerprint density at radius 3 is 2.42 bits per heavy atom. The molecular weight excluding hydrogens is 420 g/mol. The van der Waals surface area contributed by atoms with Crippen LogP contribution >= 0.6 is 0 Å². The Bertz CT molecular complexity index is 1220. The van der Waals surface area contributed by atoms with Gasteiger partial charge in [-0.2, -0.15) is 5.10 Å². The molecule has 2 aromatic carbocycles. The number of sulfonamides is 1. The Balaban J connectivity index is 1.47. The zero-order valence-electron chi connectivity index (χ0n) is 17.1. The second kappa shape index (κ2) is 8.31. The van der Waals surface area contributed by atoms with Gasteiger partial charge in [-0.1, -0.05) is 0 Å². The number of aryl methyl sites for hydroxylation is 2. The predicted molar refractivity (Wildman–Crippen MR) is 115 cm³/mol. The Hall–Kier alpha value is -3.53. The molecule has 0 aliphatic carbocycles. The molecule has 1 aliphatic heterocycles. The van der Waals surface area contributed by atoms with Gasteiger partial charge >= 0.3 is 0 Å². The van der Waals surface area contributed by atoms with Gasteiger partial charge in [-0.15, -0.1) is 0 Å². The summed E-state index contributed by atoms with van der Waals surface area (Å²) in [7, 11) is -2.10. The van der Waals surface area contributed by atoms with E-state index >= 15 is 0 Å². The highest BCUT2D eigenvalue weighted by Gasteiger charge is 2.19. The highest BCUT2D eigenvalue weighted by molar-refractivity contribution is 7.92. The highest BCUT2D eigenvalue weighted by atomic mass is 32.2. The molecule has 1 aliphatic rings. The maximum Gasteiger partial charge on any atom is 0.262 e. The molecule has 2 heterocycles. The molecule has 162 valence electrons. The number of amides is 1. The standard InChI is InChI=1S/C21H22N4O5S/c1-14-12-20(25(2)23-14)22-21(26)15-4-6-16(7-5-15)24-31(27,28)17-8-9-18-19(13-17)30-11-3-10-29-18/h4-9,12-13,24H,3,10-11H2,1-2H3,(H,22,26). The van der Waals surface area contributed by atoms with Crippen LogP contribution in [0.4, 0.5) is 11.5 Å². The molecule has 2 N–H and O–H groups in total. The van der Waals surface area contributed by atoms with Crippen LogP contribution in [0.25, 0.3) is 0 Å². The van der Waals surface area contributed by atoms with Crippen LogP contribution in [0.1, 0.15) is 22.5 Å². The second-order valence-corrected chi connectivity index (χ2v) is 8.77. The average molecular weight is 442 g/mol. The molecule has 0 atom stereocenters. The number of hydrogen-bond donors (Lipinski definition) is 2. The maximum absolute atomic E-state index is 12.8. The molecule has 3 aromatic rings. The first kappa shape index (κ1) is 20.7. The Kier molecular flexibility index (Phi) is 5.55. The first-order valence-electron chi connectivity index (χ1n) is 9.66. The summed E-state index contributed by atoms with van der Waals surface area (Å²) in [6.07, 6.45) is 0.731. The van der Waals surface area contributed by atoms with Gasteiger partial charge in [0.25, 0.3) is 15.9 Å². The van der Waals surface area contributed by atoms with Gasteiger partial charge in [-0.05, 0) is 43.3 Å². The summed E-state index contributed by atoms with van der Waals surface area (Å²) < 4.78 is 40.7. The number of carbonyl (C=O) groups is 1. The second-order valence-electron chi connectivity index (χ2n) is 7.09. The minimum atomic E-state index is -3.84. The SMILES string of the molecule is Cc1cc(NC(=O)c2ccc(NS(=O)(=O)c3ccc4c(c3)OCCCO4)cc2)n(C)n1. The number of nitrogens with zero attached hydrogens (tertiary/aromatic N) is 2. The molecule has 0 saturated heterocycles. The zero-order chi connectivity index (χ0) is 22.0. The number of benzene rings is 2. The van der Waals surface area contributed by atoms with Crippen molar-refractivity contribution in [1.29, 1.82) is 0 Å². The fourth-order valence-corrected chi connectivity index (χ4v) is 4.20. The van der Waals surface area contributed by atoms with Crippen LogP contribution in [-0.2, 0) is 17.1 Å². The Morgan fingerprint density at radius 1 is 1.03 bits per heavy atom. The number of hydrogen-bond acceptors (Lipinski definition) is 6. The topological polar surface area (TPSA) is 112 Å². The van der Waals surface area contributed by atoms with E-state index in [0.29, 0.717) is 41.8 Å². The van der Waals surface area contributed by atoms with Crippen molar-refractivity contribution in [3.63, 3.8) is 0 Å². The van der Waals surface area contributed by atoms with Crippen LogP contribution in [-0.4, -0.2) is 37.3 Å². The van der Waals surface area contributed by atoms with E-state index in [0.717, 1.165) is 12.1 Å². The molecule has 1 amide bonds. The first-order valence-corrected chi connectivity index (χ1v) is 11.1. The first-order chi connectivity index (χ1) is 14.8. The molecule has 1 aromatic heterocycles. The van der Waals surface area contributed by atoms with E-state index in [4.69, 9.17) is 9.47 Å². The van der Waals surface area contributed by atoms with E-state index in [1.165, 1.54) is 24.3 Å². The third kappa shape index (κ3) is 4.64. The number of carbonyl (C=O) groups excluding carboxylic acids is 1. The number of rotatable bonds is 5. The lowest BCUT2D eigenvalue weighted by Crippen LogP contribution is -2.15. The van der Waals surface area contributed by atoms with Gasteiger partial charge in [-0.25, -0.2) is 8.42 Å².